The molecule has 4 heterocycles. The molecule has 2 aliphatic rings. The quantitative estimate of drug-likeness (QED) is 0.607. The van der Waals surface area contributed by atoms with Gasteiger partial charge in [0.05, 0.1) is 17.7 Å². The number of amides is 1. The van der Waals surface area contributed by atoms with Gasteiger partial charge in [0.2, 0.25) is 0 Å². The van der Waals surface area contributed by atoms with Gasteiger partial charge in [-0.05, 0) is 67.8 Å². The zero-order valence-electron chi connectivity index (χ0n) is 16.3. The lowest BCUT2D eigenvalue weighted by Crippen LogP contribution is -2.47. The topological polar surface area (TPSA) is 42.4 Å². The Morgan fingerprint density at radius 3 is 2.82 bits per heavy atom. The maximum atomic E-state index is 13.4. The first-order valence-corrected chi connectivity index (χ1v) is 10.8. The third kappa shape index (κ3) is 2.85. The summed E-state index contributed by atoms with van der Waals surface area (Å²) in [7, 11) is 0. The van der Waals surface area contributed by atoms with Gasteiger partial charge in [-0.3, -0.25) is 9.78 Å². The van der Waals surface area contributed by atoms with E-state index in [9.17, 15) is 4.79 Å². The second-order valence-corrected chi connectivity index (χ2v) is 8.91. The highest BCUT2D eigenvalue weighted by Crippen LogP contribution is 2.44. The number of pyridine rings is 1. The van der Waals surface area contributed by atoms with E-state index in [-0.39, 0.29) is 11.5 Å². The van der Waals surface area contributed by atoms with Crippen molar-refractivity contribution in [2.75, 3.05) is 19.7 Å². The molecular formula is C23H24N2O2S. The van der Waals surface area contributed by atoms with Crippen LogP contribution in [0.1, 0.15) is 44.9 Å². The Kier molecular flexibility index (Phi) is 4.25. The molecule has 0 bridgehead atoms. The maximum Gasteiger partial charge on any atom is 0.254 e. The Hall–Kier alpha value is -2.24. The van der Waals surface area contributed by atoms with Crippen LogP contribution in [0.3, 0.4) is 0 Å². The highest BCUT2D eigenvalue weighted by Gasteiger charge is 2.42. The monoisotopic (exact) mass is 392 g/mol. The molecule has 1 spiro atoms. The fourth-order valence-electron chi connectivity index (χ4n) is 4.61. The summed E-state index contributed by atoms with van der Waals surface area (Å²) in [6.07, 6.45) is 2.74. The Balaban J connectivity index is 1.43. The van der Waals surface area contributed by atoms with Gasteiger partial charge in [-0.15, -0.1) is 11.3 Å². The van der Waals surface area contributed by atoms with E-state index in [1.165, 1.54) is 10.4 Å². The van der Waals surface area contributed by atoms with Gasteiger partial charge in [0, 0.05) is 29.0 Å². The molecule has 4 nitrogen and oxygen atoms in total. The molecular weight excluding hydrogens is 368 g/mol. The highest BCUT2D eigenvalue weighted by molar-refractivity contribution is 7.10. The molecule has 0 N–H and O–H groups in total. The van der Waals surface area contributed by atoms with Crippen molar-refractivity contribution in [2.45, 2.75) is 38.7 Å². The molecule has 2 aliphatic heterocycles. The zero-order chi connectivity index (χ0) is 19.3. The van der Waals surface area contributed by atoms with Crippen molar-refractivity contribution in [2.24, 2.45) is 0 Å². The van der Waals surface area contributed by atoms with Gasteiger partial charge >= 0.3 is 0 Å². The predicted octanol–water partition coefficient (Wildman–Crippen LogP) is 4.62. The van der Waals surface area contributed by atoms with Crippen LogP contribution in [0.4, 0.5) is 0 Å². The van der Waals surface area contributed by atoms with Crippen LogP contribution in [0, 0.1) is 13.8 Å². The number of aryl methyl sites for hydroxylation is 2. The second-order valence-electron chi connectivity index (χ2n) is 7.99. The number of ether oxygens (including phenoxy) is 1. The van der Waals surface area contributed by atoms with E-state index in [0.717, 1.165) is 66.7 Å². The Bertz CT molecular complexity index is 1060. The van der Waals surface area contributed by atoms with Crippen molar-refractivity contribution < 1.29 is 9.53 Å². The minimum Gasteiger partial charge on any atom is -0.369 e. The lowest BCUT2D eigenvalue weighted by molar-refractivity contribution is -0.0906. The van der Waals surface area contributed by atoms with Crippen molar-refractivity contribution in [3.63, 3.8) is 0 Å². The smallest absolute Gasteiger partial charge is 0.254 e. The minimum absolute atomic E-state index is 0.108. The summed E-state index contributed by atoms with van der Waals surface area (Å²) in [4.78, 5) is 21.4. The molecule has 2 aromatic heterocycles. The average molecular weight is 393 g/mol. The third-order valence-electron chi connectivity index (χ3n) is 6.09. The number of piperidine rings is 1. The Morgan fingerprint density at radius 2 is 2.00 bits per heavy atom. The number of rotatable bonds is 1. The molecule has 1 amide bonds. The number of fused-ring (bicyclic) bond motifs is 3. The van der Waals surface area contributed by atoms with Crippen LogP contribution >= 0.6 is 11.3 Å². The van der Waals surface area contributed by atoms with Crippen LogP contribution < -0.4 is 0 Å². The van der Waals surface area contributed by atoms with Crippen LogP contribution in [-0.4, -0.2) is 35.5 Å². The Labute approximate surface area is 169 Å². The number of aromatic nitrogens is 1. The fraction of sp³-hybridized carbons (Fsp3) is 0.391. The summed E-state index contributed by atoms with van der Waals surface area (Å²) in [6, 6.07) is 10.3. The second kappa shape index (κ2) is 6.68. The van der Waals surface area contributed by atoms with E-state index < -0.39 is 0 Å². The predicted molar refractivity (Wildman–Crippen MR) is 112 cm³/mol. The summed E-state index contributed by atoms with van der Waals surface area (Å²) in [6.45, 7) is 6.25. The van der Waals surface area contributed by atoms with Crippen molar-refractivity contribution in [1.82, 2.24) is 9.88 Å². The number of hydrogen-bond donors (Lipinski definition) is 0. The van der Waals surface area contributed by atoms with Crippen LogP contribution in [0.25, 0.3) is 10.9 Å². The molecule has 28 heavy (non-hydrogen) atoms. The molecule has 0 aliphatic carbocycles. The van der Waals surface area contributed by atoms with Crippen LogP contribution in [0.2, 0.25) is 0 Å². The molecule has 3 aromatic rings. The molecule has 5 rings (SSSR count). The number of likely N-dealkylation sites (tertiary alicyclic amines) is 1. The highest BCUT2D eigenvalue weighted by atomic mass is 32.1. The fourth-order valence-corrected chi connectivity index (χ4v) is 5.78. The van der Waals surface area contributed by atoms with E-state index in [4.69, 9.17) is 4.74 Å². The minimum atomic E-state index is -0.189. The summed E-state index contributed by atoms with van der Waals surface area (Å²) in [5.41, 5.74) is 4.95. The number of hydrogen-bond acceptors (Lipinski definition) is 4. The summed E-state index contributed by atoms with van der Waals surface area (Å²) < 4.78 is 6.29. The van der Waals surface area contributed by atoms with E-state index in [0.29, 0.717) is 0 Å². The SMILES string of the molecule is Cc1ccc2c(C(=O)N3CCC4(CC3)OCCc3ccsc34)cc(C)nc2c1. The Morgan fingerprint density at radius 1 is 1.18 bits per heavy atom. The van der Waals surface area contributed by atoms with Crippen molar-refractivity contribution in [1.29, 1.82) is 0 Å². The van der Waals surface area contributed by atoms with Gasteiger partial charge < -0.3 is 9.64 Å². The molecule has 1 aromatic carbocycles. The lowest BCUT2D eigenvalue weighted by Gasteiger charge is -2.43. The molecule has 5 heteroatoms. The largest absolute Gasteiger partial charge is 0.369 e. The zero-order valence-corrected chi connectivity index (χ0v) is 17.1. The first-order valence-electron chi connectivity index (χ1n) is 9.94. The number of benzene rings is 1. The van der Waals surface area contributed by atoms with Crippen LogP contribution in [-0.2, 0) is 16.8 Å². The summed E-state index contributed by atoms with van der Waals surface area (Å²) in [5, 5.41) is 3.11. The molecule has 0 radical (unpaired) electrons. The van der Waals surface area contributed by atoms with E-state index in [1.807, 2.05) is 24.0 Å². The van der Waals surface area contributed by atoms with Crippen molar-refractivity contribution in [3.05, 3.63) is 63.0 Å². The summed E-state index contributed by atoms with van der Waals surface area (Å²) in [5.74, 6) is 0.108. The molecule has 0 atom stereocenters. The molecule has 1 saturated heterocycles. The molecule has 144 valence electrons. The van der Waals surface area contributed by atoms with Gasteiger partial charge in [0.1, 0.15) is 5.60 Å². The van der Waals surface area contributed by atoms with Crippen molar-refractivity contribution >= 4 is 28.1 Å². The number of carbonyl (C=O) groups excluding carboxylic acids is 1. The molecule has 1 fully saturated rings. The van der Waals surface area contributed by atoms with E-state index >= 15 is 0 Å². The van der Waals surface area contributed by atoms with Gasteiger partial charge in [-0.2, -0.15) is 0 Å². The van der Waals surface area contributed by atoms with Gasteiger partial charge in [-0.25, -0.2) is 0 Å². The molecule has 0 saturated carbocycles. The van der Waals surface area contributed by atoms with Gasteiger partial charge in [0.15, 0.2) is 0 Å². The normalized spacial score (nSPS) is 18.4. The van der Waals surface area contributed by atoms with E-state index in [2.05, 4.69) is 35.5 Å². The maximum absolute atomic E-state index is 13.4. The van der Waals surface area contributed by atoms with Gasteiger partial charge in [-0.1, -0.05) is 12.1 Å². The average Bonchev–Trinajstić information content (AvgIpc) is 3.18. The van der Waals surface area contributed by atoms with Gasteiger partial charge in [0.25, 0.3) is 5.91 Å². The lowest BCUT2D eigenvalue weighted by atomic mass is 9.85. The number of carbonyl (C=O) groups is 1. The first-order chi connectivity index (χ1) is 13.6. The summed E-state index contributed by atoms with van der Waals surface area (Å²) >= 11 is 1.81. The van der Waals surface area contributed by atoms with Crippen molar-refractivity contribution in [3.8, 4) is 0 Å². The van der Waals surface area contributed by atoms with Crippen LogP contribution in [0.5, 0.6) is 0 Å². The number of thiophene rings is 1. The third-order valence-corrected chi connectivity index (χ3v) is 7.23. The first kappa shape index (κ1) is 17.8. The van der Waals surface area contributed by atoms with Crippen LogP contribution in [0.15, 0.2) is 35.7 Å². The standard InChI is InChI=1S/C23H24N2O2S/c1-15-3-4-18-19(14-16(2)24-20(18)13-15)22(26)25-9-7-23(8-10-25)21-17(5-11-27-23)6-12-28-21/h3-4,6,12-14H,5,7-11H2,1-2H3. The van der Waals surface area contributed by atoms with E-state index in [1.54, 1.807) is 11.3 Å². The number of nitrogens with zero attached hydrogens (tertiary/aromatic N) is 2. The molecule has 0 unspecified atom stereocenters.